The van der Waals surface area contributed by atoms with Gasteiger partial charge in [0.15, 0.2) is 0 Å². The van der Waals surface area contributed by atoms with Crippen molar-refractivity contribution >= 4 is 11.9 Å². The first-order valence-electron chi connectivity index (χ1n) is 6.53. The third kappa shape index (κ3) is 5.04. The Morgan fingerprint density at radius 3 is 2.56 bits per heavy atom. The van der Waals surface area contributed by atoms with E-state index in [1.807, 2.05) is 20.8 Å². The fourth-order valence-corrected chi connectivity index (χ4v) is 2.24. The molecule has 0 bridgehead atoms. The number of hydrogen-bond acceptors (Lipinski definition) is 3. The van der Waals surface area contributed by atoms with Gasteiger partial charge in [-0.25, -0.2) is 0 Å². The molecule has 0 radical (unpaired) electrons. The van der Waals surface area contributed by atoms with Gasteiger partial charge >= 0.3 is 5.97 Å². The van der Waals surface area contributed by atoms with Gasteiger partial charge in [0.2, 0.25) is 5.91 Å². The molecule has 3 N–H and O–H groups in total. The van der Waals surface area contributed by atoms with Crippen molar-refractivity contribution in [2.75, 3.05) is 13.1 Å². The van der Waals surface area contributed by atoms with E-state index < -0.39 is 11.9 Å². The number of carbonyl (C=O) groups excluding carboxylic acids is 1. The molecule has 5 heteroatoms. The van der Waals surface area contributed by atoms with Crippen LogP contribution in [0.3, 0.4) is 0 Å². The van der Waals surface area contributed by atoms with E-state index in [-0.39, 0.29) is 23.9 Å². The third-order valence-corrected chi connectivity index (χ3v) is 3.11. The summed E-state index contributed by atoms with van der Waals surface area (Å²) in [7, 11) is 0. The monoisotopic (exact) mass is 256 g/mol. The number of carboxylic acids is 1. The molecule has 2 atom stereocenters. The SMILES string of the molecule is CC(C)(C)CC(CNC(=O)C1CCCN1)C(=O)O. The lowest BCUT2D eigenvalue weighted by atomic mass is 9.84. The van der Waals surface area contributed by atoms with Crippen LogP contribution in [0.25, 0.3) is 0 Å². The Bertz CT molecular complexity index is 304. The van der Waals surface area contributed by atoms with E-state index in [4.69, 9.17) is 5.11 Å². The van der Waals surface area contributed by atoms with Gasteiger partial charge in [-0.15, -0.1) is 0 Å². The zero-order valence-electron chi connectivity index (χ0n) is 11.5. The van der Waals surface area contributed by atoms with Crippen LogP contribution < -0.4 is 10.6 Å². The molecule has 0 aromatic carbocycles. The van der Waals surface area contributed by atoms with Crippen molar-refractivity contribution in [3.8, 4) is 0 Å². The van der Waals surface area contributed by atoms with Crippen molar-refractivity contribution in [3.05, 3.63) is 0 Å². The van der Waals surface area contributed by atoms with Crippen molar-refractivity contribution in [1.82, 2.24) is 10.6 Å². The third-order valence-electron chi connectivity index (χ3n) is 3.11. The average molecular weight is 256 g/mol. The molecule has 1 amide bonds. The Morgan fingerprint density at radius 2 is 2.11 bits per heavy atom. The van der Waals surface area contributed by atoms with Crippen LogP contribution >= 0.6 is 0 Å². The van der Waals surface area contributed by atoms with Crippen molar-refractivity contribution in [3.63, 3.8) is 0 Å². The quantitative estimate of drug-likeness (QED) is 0.685. The summed E-state index contributed by atoms with van der Waals surface area (Å²) in [6, 6.07) is -0.144. The highest BCUT2D eigenvalue weighted by Gasteiger charge is 2.27. The van der Waals surface area contributed by atoms with Gasteiger partial charge < -0.3 is 15.7 Å². The molecule has 1 fully saturated rings. The van der Waals surface area contributed by atoms with Crippen LogP contribution in [0.2, 0.25) is 0 Å². The van der Waals surface area contributed by atoms with E-state index in [2.05, 4.69) is 10.6 Å². The molecule has 0 aliphatic carbocycles. The van der Waals surface area contributed by atoms with E-state index in [1.54, 1.807) is 0 Å². The first-order chi connectivity index (χ1) is 8.29. The summed E-state index contributed by atoms with van der Waals surface area (Å²) in [5.41, 5.74) is -0.0562. The second-order valence-electron chi connectivity index (χ2n) is 6.19. The smallest absolute Gasteiger partial charge is 0.308 e. The van der Waals surface area contributed by atoms with Crippen LogP contribution in [0.15, 0.2) is 0 Å². The highest BCUT2D eigenvalue weighted by molar-refractivity contribution is 5.82. The minimum atomic E-state index is -0.843. The van der Waals surface area contributed by atoms with Crippen LogP contribution in [-0.2, 0) is 9.59 Å². The van der Waals surface area contributed by atoms with Crippen molar-refractivity contribution in [2.24, 2.45) is 11.3 Å². The second-order valence-corrected chi connectivity index (χ2v) is 6.19. The van der Waals surface area contributed by atoms with Crippen LogP contribution in [0.4, 0.5) is 0 Å². The van der Waals surface area contributed by atoms with Crippen LogP contribution in [0.1, 0.15) is 40.0 Å². The molecular weight excluding hydrogens is 232 g/mol. The summed E-state index contributed by atoms with van der Waals surface area (Å²) < 4.78 is 0. The number of carbonyl (C=O) groups is 2. The Kier molecular flexibility index (Phi) is 5.14. The van der Waals surface area contributed by atoms with Crippen LogP contribution in [-0.4, -0.2) is 36.1 Å². The Hall–Kier alpha value is -1.10. The molecule has 1 aliphatic rings. The van der Waals surface area contributed by atoms with Crippen LogP contribution in [0.5, 0.6) is 0 Å². The van der Waals surface area contributed by atoms with E-state index in [0.717, 1.165) is 19.4 Å². The largest absolute Gasteiger partial charge is 0.481 e. The highest BCUT2D eigenvalue weighted by atomic mass is 16.4. The summed E-state index contributed by atoms with van der Waals surface area (Å²) in [5.74, 6) is -1.44. The molecule has 0 spiro atoms. The molecule has 1 heterocycles. The molecule has 5 nitrogen and oxygen atoms in total. The molecular formula is C13H24N2O3. The van der Waals surface area contributed by atoms with E-state index in [0.29, 0.717) is 6.42 Å². The van der Waals surface area contributed by atoms with Gasteiger partial charge in [-0.1, -0.05) is 20.8 Å². The average Bonchev–Trinajstić information content (AvgIpc) is 2.75. The summed E-state index contributed by atoms with van der Waals surface area (Å²) in [4.78, 5) is 22.9. The van der Waals surface area contributed by atoms with Gasteiger partial charge in [0.05, 0.1) is 12.0 Å². The van der Waals surface area contributed by atoms with Gasteiger partial charge in [0, 0.05) is 6.54 Å². The van der Waals surface area contributed by atoms with Crippen molar-refractivity contribution < 1.29 is 14.7 Å². The fraction of sp³-hybridized carbons (Fsp3) is 0.846. The maximum Gasteiger partial charge on any atom is 0.308 e. The fourth-order valence-electron chi connectivity index (χ4n) is 2.24. The minimum Gasteiger partial charge on any atom is -0.481 e. The zero-order chi connectivity index (χ0) is 13.8. The van der Waals surface area contributed by atoms with Crippen molar-refractivity contribution in [2.45, 2.75) is 46.1 Å². The molecule has 1 aliphatic heterocycles. The lowest BCUT2D eigenvalue weighted by Crippen LogP contribution is -2.43. The Morgan fingerprint density at radius 1 is 1.44 bits per heavy atom. The standard InChI is InChI=1S/C13H24N2O3/c1-13(2,3)7-9(12(17)18)8-15-11(16)10-5-4-6-14-10/h9-10,14H,4-8H2,1-3H3,(H,15,16)(H,17,18). The van der Waals surface area contributed by atoms with Crippen LogP contribution in [0, 0.1) is 11.3 Å². The topological polar surface area (TPSA) is 78.4 Å². The maximum absolute atomic E-state index is 11.8. The molecule has 18 heavy (non-hydrogen) atoms. The van der Waals surface area contributed by atoms with Gasteiger partial charge in [0.25, 0.3) is 0 Å². The lowest BCUT2D eigenvalue weighted by molar-refractivity contribution is -0.142. The summed E-state index contributed by atoms with van der Waals surface area (Å²) in [6.45, 7) is 7.09. The van der Waals surface area contributed by atoms with Gasteiger partial charge in [-0.2, -0.15) is 0 Å². The number of nitrogens with one attached hydrogen (secondary N) is 2. The normalized spacial score (nSPS) is 21.6. The lowest BCUT2D eigenvalue weighted by Gasteiger charge is -2.24. The summed E-state index contributed by atoms with van der Waals surface area (Å²) in [6.07, 6.45) is 2.39. The molecule has 0 aromatic heterocycles. The van der Waals surface area contributed by atoms with Gasteiger partial charge in [-0.05, 0) is 31.2 Å². The van der Waals surface area contributed by atoms with Crippen molar-refractivity contribution in [1.29, 1.82) is 0 Å². The Balaban J connectivity index is 2.42. The number of carboxylic acid groups (broad SMARTS) is 1. The maximum atomic E-state index is 11.8. The van der Waals surface area contributed by atoms with Gasteiger partial charge in [0.1, 0.15) is 0 Å². The predicted molar refractivity (Wildman–Crippen MR) is 69.2 cm³/mol. The molecule has 104 valence electrons. The first kappa shape index (κ1) is 15.0. The summed E-state index contributed by atoms with van der Waals surface area (Å²) >= 11 is 0. The number of rotatable bonds is 5. The second kappa shape index (κ2) is 6.18. The minimum absolute atomic E-state index is 0.0562. The summed E-state index contributed by atoms with van der Waals surface area (Å²) in [5, 5.41) is 15.0. The van der Waals surface area contributed by atoms with E-state index >= 15 is 0 Å². The molecule has 0 aromatic rings. The van der Waals surface area contributed by atoms with Gasteiger partial charge in [-0.3, -0.25) is 9.59 Å². The number of amides is 1. The van der Waals surface area contributed by atoms with E-state index in [1.165, 1.54) is 0 Å². The zero-order valence-corrected chi connectivity index (χ0v) is 11.5. The van der Waals surface area contributed by atoms with E-state index in [9.17, 15) is 9.59 Å². The number of hydrogen-bond donors (Lipinski definition) is 3. The highest BCUT2D eigenvalue weighted by Crippen LogP contribution is 2.24. The first-order valence-corrected chi connectivity index (χ1v) is 6.53. The molecule has 0 saturated carbocycles. The molecule has 1 rings (SSSR count). The predicted octanol–water partition coefficient (Wildman–Crippen LogP) is 0.992. The Labute approximate surface area is 108 Å². The molecule has 1 saturated heterocycles. The number of aliphatic carboxylic acids is 1. The molecule has 2 unspecified atom stereocenters.